The fraction of sp³-hybridized carbons (Fsp3) is 0.615. The van der Waals surface area contributed by atoms with Crippen molar-refractivity contribution in [3.8, 4) is 0 Å². The van der Waals surface area contributed by atoms with Crippen LogP contribution < -0.4 is 0 Å². The van der Waals surface area contributed by atoms with E-state index >= 15 is 0 Å². The first-order chi connectivity index (χ1) is 7.69. The van der Waals surface area contributed by atoms with Crippen LogP contribution in [0.2, 0.25) is 5.02 Å². The lowest BCUT2D eigenvalue weighted by atomic mass is 9.93. The first kappa shape index (κ1) is 13.4. The largest absolute Gasteiger partial charge is 0.256 e. The molecular formula is C13H19ClFN. The number of pyridine rings is 1. The van der Waals surface area contributed by atoms with Crippen LogP contribution >= 0.6 is 11.6 Å². The lowest BCUT2D eigenvalue weighted by Gasteiger charge is -2.15. The first-order valence-corrected chi connectivity index (χ1v) is 6.37. The van der Waals surface area contributed by atoms with Crippen LogP contribution in [0.1, 0.15) is 57.6 Å². The molecule has 1 rings (SSSR count). The SMILES string of the molecule is CCCCC(CCC)c1ncc(Cl)cc1F. The summed E-state index contributed by atoms with van der Waals surface area (Å²) in [7, 11) is 0. The number of nitrogens with zero attached hydrogens (tertiary/aromatic N) is 1. The van der Waals surface area contributed by atoms with Gasteiger partial charge in [-0.15, -0.1) is 0 Å². The molecular weight excluding hydrogens is 225 g/mol. The van der Waals surface area contributed by atoms with Gasteiger partial charge in [0, 0.05) is 12.1 Å². The molecule has 0 aromatic carbocycles. The van der Waals surface area contributed by atoms with E-state index in [-0.39, 0.29) is 11.7 Å². The number of hydrogen-bond acceptors (Lipinski definition) is 1. The molecule has 1 nitrogen and oxygen atoms in total. The van der Waals surface area contributed by atoms with Gasteiger partial charge in [-0.2, -0.15) is 0 Å². The summed E-state index contributed by atoms with van der Waals surface area (Å²) >= 11 is 5.70. The highest BCUT2D eigenvalue weighted by molar-refractivity contribution is 6.30. The molecule has 0 saturated heterocycles. The van der Waals surface area contributed by atoms with Gasteiger partial charge < -0.3 is 0 Å². The standard InChI is InChI=1S/C13H19ClFN/c1-3-5-7-10(6-4-2)13-12(15)8-11(14)9-16-13/h8-10H,3-7H2,1-2H3. The summed E-state index contributed by atoms with van der Waals surface area (Å²) in [4.78, 5) is 4.14. The van der Waals surface area contributed by atoms with E-state index in [1.54, 1.807) is 0 Å². The van der Waals surface area contributed by atoms with Gasteiger partial charge in [-0.3, -0.25) is 4.98 Å². The highest BCUT2D eigenvalue weighted by atomic mass is 35.5. The van der Waals surface area contributed by atoms with Crippen LogP contribution in [0.3, 0.4) is 0 Å². The van der Waals surface area contributed by atoms with Gasteiger partial charge in [0.05, 0.1) is 10.7 Å². The zero-order chi connectivity index (χ0) is 12.0. The summed E-state index contributed by atoms with van der Waals surface area (Å²) in [6.07, 6.45) is 6.85. The van der Waals surface area contributed by atoms with Crippen molar-refractivity contribution in [3.05, 3.63) is 28.8 Å². The predicted octanol–water partition coefficient (Wildman–Crippen LogP) is 4.95. The third-order valence-corrected chi connectivity index (χ3v) is 2.97. The highest BCUT2D eigenvalue weighted by Crippen LogP contribution is 2.28. The Hall–Kier alpha value is -0.630. The van der Waals surface area contributed by atoms with Crippen LogP contribution in [0.25, 0.3) is 0 Å². The van der Waals surface area contributed by atoms with Gasteiger partial charge in [0.25, 0.3) is 0 Å². The summed E-state index contributed by atoms with van der Waals surface area (Å²) in [5, 5.41) is 0.368. The zero-order valence-electron chi connectivity index (χ0n) is 9.97. The lowest BCUT2D eigenvalue weighted by molar-refractivity contribution is 0.493. The third kappa shape index (κ3) is 3.75. The minimum atomic E-state index is -0.262. The lowest BCUT2D eigenvalue weighted by Crippen LogP contribution is -2.04. The number of unbranched alkanes of at least 4 members (excludes halogenated alkanes) is 1. The van der Waals surface area contributed by atoms with E-state index in [1.165, 1.54) is 12.3 Å². The van der Waals surface area contributed by atoms with E-state index in [9.17, 15) is 4.39 Å². The molecule has 1 aromatic rings. The minimum Gasteiger partial charge on any atom is -0.256 e. The second kappa shape index (κ2) is 6.85. The topological polar surface area (TPSA) is 12.9 Å². The van der Waals surface area contributed by atoms with E-state index < -0.39 is 0 Å². The van der Waals surface area contributed by atoms with Gasteiger partial charge >= 0.3 is 0 Å². The minimum absolute atomic E-state index is 0.238. The Kier molecular flexibility index (Phi) is 5.75. The molecule has 1 aromatic heterocycles. The van der Waals surface area contributed by atoms with Crippen LogP contribution in [0.15, 0.2) is 12.3 Å². The van der Waals surface area contributed by atoms with Crippen LogP contribution in [0.4, 0.5) is 4.39 Å². The van der Waals surface area contributed by atoms with Gasteiger partial charge in [0.15, 0.2) is 0 Å². The molecule has 90 valence electrons. The predicted molar refractivity (Wildman–Crippen MR) is 66.4 cm³/mol. The number of aromatic nitrogens is 1. The van der Waals surface area contributed by atoms with E-state index in [4.69, 9.17) is 11.6 Å². The molecule has 16 heavy (non-hydrogen) atoms. The maximum absolute atomic E-state index is 13.7. The molecule has 1 atom stereocenters. The molecule has 0 saturated carbocycles. The second-order valence-electron chi connectivity index (χ2n) is 4.15. The molecule has 1 unspecified atom stereocenters. The van der Waals surface area contributed by atoms with E-state index in [0.717, 1.165) is 32.1 Å². The first-order valence-electron chi connectivity index (χ1n) is 6.00. The van der Waals surface area contributed by atoms with Gasteiger partial charge in [0.1, 0.15) is 5.82 Å². The summed E-state index contributed by atoms with van der Waals surface area (Å²) in [6.45, 7) is 4.27. The van der Waals surface area contributed by atoms with Crippen molar-refractivity contribution in [1.29, 1.82) is 0 Å². The van der Waals surface area contributed by atoms with Crippen molar-refractivity contribution in [3.63, 3.8) is 0 Å². The van der Waals surface area contributed by atoms with Gasteiger partial charge in [-0.05, 0) is 18.9 Å². The molecule has 0 aliphatic rings. The summed E-state index contributed by atoms with van der Waals surface area (Å²) in [6, 6.07) is 1.36. The molecule has 0 aliphatic heterocycles. The molecule has 0 fully saturated rings. The van der Waals surface area contributed by atoms with Crippen LogP contribution in [-0.4, -0.2) is 4.98 Å². The summed E-state index contributed by atoms with van der Waals surface area (Å²) < 4.78 is 13.7. The highest BCUT2D eigenvalue weighted by Gasteiger charge is 2.16. The van der Waals surface area contributed by atoms with Crippen molar-refractivity contribution in [2.24, 2.45) is 0 Å². The van der Waals surface area contributed by atoms with Crippen LogP contribution in [-0.2, 0) is 0 Å². The van der Waals surface area contributed by atoms with Crippen LogP contribution in [0.5, 0.6) is 0 Å². The fourth-order valence-electron chi connectivity index (χ4n) is 1.94. The van der Waals surface area contributed by atoms with E-state index in [1.807, 2.05) is 0 Å². The maximum Gasteiger partial charge on any atom is 0.146 e. The average Bonchev–Trinajstić information content (AvgIpc) is 2.25. The normalized spacial score (nSPS) is 12.8. The van der Waals surface area contributed by atoms with E-state index in [0.29, 0.717) is 10.7 Å². The van der Waals surface area contributed by atoms with Crippen molar-refractivity contribution >= 4 is 11.6 Å². The quantitative estimate of drug-likeness (QED) is 0.689. The molecule has 0 spiro atoms. The van der Waals surface area contributed by atoms with Gasteiger partial charge in [-0.1, -0.05) is 44.7 Å². The Labute approximate surface area is 102 Å². The molecule has 0 amide bonds. The molecule has 0 aliphatic carbocycles. The monoisotopic (exact) mass is 243 g/mol. The number of halogens is 2. The third-order valence-electron chi connectivity index (χ3n) is 2.77. The smallest absolute Gasteiger partial charge is 0.146 e. The molecule has 0 bridgehead atoms. The molecule has 0 radical (unpaired) electrons. The van der Waals surface area contributed by atoms with Crippen molar-refractivity contribution in [2.75, 3.05) is 0 Å². The van der Waals surface area contributed by atoms with Gasteiger partial charge in [-0.25, -0.2) is 4.39 Å². The molecule has 3 heteroatoms. The number of rotatable bonds is 6. The van der Waals surface area contributed by atoms with Gasteiger partial charge in [0.2, 0.25) is 0 Å². The summed E-state index contributed by atoms with van der Waals surface area (Å²) in [5.41, 5.74) is 0.583. The van der Waals surface area contributed by atoms with E-state index in [2.05, 4.69) is 18.8 Å². The second-order valence-corrected chi connectivity index (χ2v) is 4.58. The average molecular weight is 244 g/mol. The van der Waals surface area contributed by atoms with Crippen LogP contribution in [0, 0.1) is 5.82 Å². The summed E-state index contributed by atoms with van der Waals surface area (Å²) in [5.74, 6) is -0.0238. The Morgan fingerprint density at radius 3 is 2.62 bits per heavy atom. The van der Waals surface area contributed by atoms with Crippen molar-refractivity contribution < 1.29 is 4.39 Å². The van der Waals surface area contributed by atoms with Crippen molar-refractivity contribution in [1.82, 2.24) is 4.98 Å². The van der Waals surface area contributed by atoms with Crippen molar-refractivity contribution in [2.45, 2.75) is 51.9 Å². The molecule has 0 N–H and O–H groups in total. The zero-order valence-corrected chi connectivity index (χ0v) is 10.7. The Bertz CT molecular complexity index is 328. The Morgan fingerprint density at radius 2 is 2.06 bits per heavy atom. The molecule has 1 heterocycles. The number of hydrogen-bond donors (Lipinski definition) is 0. The Balaban J connectivity index is 2.82. The maximum atomic E-state index is 13.7. The fourth-order valence-corrected chi connectivity index (χ4v) is 2.09. The Morgan fingerprint density at radius 1 is 1.31 bits per heavy atom.